The second-order valence-electron chi connectivity index (χ2n) is 8.32. The molecule has 0 saturated heterocycles. The van der Waals surface area contributed by atoms with Crippen molar-refractivity contribution < 1.29 is 29.0 Å². The predicted molar refractivity (Wildman–Crippen MR) is 98.5 cm³/mol. The summed E-state index contributed by atoms with van der Waals surface area (Å²) in [5.41, 5.74) is 4.75. The van der Waals surface area contributed by atoms with Crippen LogP contribution in [0.25, 0.3) is 0 Å². The van der Waals surface area contributed by atoms with E-state index in [1.807, 2.05) is 0 Å². The first-order valence-corrected chi connectivity index (χ1v) is 10.2. The molecule has 2 aliphatic rings. The number of hydrogen-bond acceptors (Lipinski definition) is 6. The lowest BCUT2D eigenvalue weighted by Gasteiger charge is -2.37. The fourth-order valence-electron chi connectivity index (χ4n) is 4.10. The number of carboxylic acid groups (broad SMARTS) is 1. The van der Waals surface area contributed by atoms with Gasteiger partial charge in [-0.1, -0.05) is 52.4 Å². The number of carbonyl (C=O) groups excluding carboxylic acids is 2. The average Bonchev–Trinajstić information content (AvgIpc) is 2.67. The Bertz CT molecular complexity index is 535. The molecule has 0 amide bonds. The lowest BCUT2D eigenvalue weighted by molar-refractivity contribution is -0.203. The summed E-state index contributed by atoms with van der Waals surface area (Å²) >= 11 is 0. The molecule has 0 bridgehead atoms. The van der Waals surface area contributed by atoms with E-state index >= 15 is 0 Å². The fraction of sp³-hybridized carbons (Fsp3) is 0.850. The molecule has 0 spiro atoms. The SMILES string of the molecule is CC(C)C(OC(=O)C1CCCCC1)OC(=O)C(N)C1(C(=O)O)CCCCC1. The Morgan fingerprint density at radius 2 is 1.52 bits per heavy atom. The van der Waals surface area contributed by atoms with Gasteiger partial charge < -0.3 is 20.3 Å². The second kappa shape index (κ2) is 9.53. The standard InChI is InChI=1S/C20H33NO6/c1-13(2)18(26-16(22)14-9-5-3-6-10-14)27-17(23)15(21)20(19(24)25)11-7-4-8-12-20/h13-15,18H,3-12,21H2,1-2H3,(H,24,25). The molecule has 2 saturated carbocycles. The van der Waals surface area contributed by atoms with Crippen LogP contribution in [0.1, 0.15) is 78.1 Å². The van der Waals surface area contributed by atoms with E-state index in [2.05, 4.69) is 0 Å². The van der Waals surface area contributed by atoms with Crippen molar-refractivity contribution in [2.45, 2.75) is 90.4 Å². The molecule has 27 heavy (non-hydrogen) atoms. The molecule has 0 aliphatic heterocycles. The van der Waals surface area contributed by atoms with Gasteiger partial charge in [0.05, 0.1) is 11.3 Å². The minimum Gasteiger partial charge on any atom is -0.481 e. The Balaban J connectivity index is 2.02. The van der Waals surface area contributed by atoms with Crippen LogP contribution < -0.4 is 5.73 Å². The quantitative estimate of drug-likeness (QED) is 0.513. The zero-order valence-electron chi connectivity index (χ0n) is 16.4. The van der Waals surface area contributed by atoms with Crippen LogP contribution in [-0.2, 0) is 23.9 Å². The number of carboxylic acids is 1. The van der Waals surface area contributed by atoms with Crippen LogP contribution in [0, 0.1) is 17.3 Å². The normalized spacial score (nSPS) is 22.7. The van der Waals surface area contributed by atoms with Gasteiger partial charge in [-0.15, -0.1) is 0 Å². The zero-order chi connectivity index (χ0) is 20.0. The van der Waals surface area contributed by atoms with Crippen LogP contribution in [0.2, 0.25) is 0 Å². The van der Waals surface area contributed by atoms with Crippen molar-refractivity contribution in [3.8, 4) is 0 Å². The van der Waals surface area contributed by atoms with Crippen LogP contribution in [0.4, 0.5) is 0 Å². The molecule has 0 radical (unpaired) electrons. The van der Waals surface area contributed by atoms with E-state index in [0.717, 1.165) is 51.4 Å². The second-order valence-corrected chi connectivity index (χ2v) is 8.32. The van der Waals surface area contributed by atoms with E-state index in [4.69, 9.17) is 15.2 Å². The Morgan fingerprint density at radius 1 is 0.963 bits per heavy atom. The molecule has 0 heterocycles. The van der Waals surface area contributed by atoms with Crippen molar-refractivity contribution in [1.29, 1.82) is 0 Å². The van der Waals surface area contributed by atoms with Crippen molar-refractivity contribution in [2.24, 2.45) is 23.0 Å². The molecule has 2 rings (SSSR count). The summed E-state index contributed by atoms with van der Waals surface area (Å²) in [5.74, 6) is -2.63. The molecule has 154 valence electrons. The molecule has 2 fully saturated rings. The maximum Gasteiger partial charge on any atom is 0.327 e. The summed E-state index contributed by atoms with van der Waals surface area (Å²) in [6, 6.07) is -1.27. The summed E-state index contributed by atoms with van der Waals surface area (Å²) in [5, 5.41) is 9.69. The minimum atomic E-state index is -1.30. The monoisotopic (exact) mass is 383 g/mol. The number of carbonyl (C=O) groups is 3. The highest BCUT2D eigenvalue weighted by Crippen LogP contribution is 2.39. The molecule has 0 aromatic carbocycles. The van der Waals surface area contributed by atoms with Gasteiger partial charge in [0.25, 0.3) is 0 Å². The highest BCUT2D eigenvalue weighted by atomic mass is 16.7. The lowest BCUT2D eigenvalue weighted by Crippen LogP contribution is -2.54. The molecule has 2 aliphatic carbocycles. The van der Waals surface area contributed by atoms with Crippen molar-refractivity contribution in [3.05, 3.63) is 0 Å². The van der Waals surface area contributed by atoms with E-state index in [9.17, 15) is 19.5 Å². The van der Waals surface area contributed by atoms with Crippen molar-refractivity contribution in [1.82, 2.24) is 0 Å². The zero-order valence-corrected chi connectivity index (χ0v) is 16.4. The smallest absolute Gasteiger partial charge is 0.327 e. The van der Waals surface area contributed by atoms with Gasteiger partial charge in [0.1, 0.15) is 6.04 Å². The number of nitrogens with two attached hydrogens (primary N) is 1. The highest BCUT2D eigenvalue weighted by Gasteiger charge is 2.49. The Labute approximate surface area is 161 Å². The molecule has 3 N–H and O–H groups in total. The van der Waals surface area contributed by atoms with E-state index in [-0.39, 0.29) is 17.8 Å². The van der Waals surface area contributed by atoms with Gasteiger partial charge in [0, 0.05) is 5.92 Å². The summed E-state index contributed by atoms with van der Waals surface area (Å²) in [4.78, 5) is 36.9. The predicted octanol–water partition coefficient (Wildman–Crippen LogP) is 3.00. The topological polar surface area (TPSA) is 116 Å². The van der Waals surface area contributed by atoms with E-state index in [1.54, 1.807) is 13.8 Å². The van der Waals surface area contributed by atoms with Gasteiger partial charge in [-0.05, 0) is 25.7 Å². The van der Waals surface area contributed by atoms with Crippen LogP contribution >= 0.6 is 0 Å². The largest absolute Gasteiger partial charge is 0.481 e. The van der Waals surface area contributed by atoms with Crippen molar-refractivity contribution in [2.75, 3.05) is 0 Å². The Hall–Kier alpha value is -1.63. The van der Waals surface area contributed by atoms with Gasteiger partial charge in [-0.25, -0.2) is 0 Å². The number of aliphatic carboxylic acids is 1. The third-order valence-electron chi connectivity index (χ3n) is 5.97. The molecular weight excluding hydrogens is 350 g/mol. The van der Waals surface area contributed by atoms with Gasteiger partial charge in [0.2, 0.25) is 6.29 Å². The maximum atomic E-state index is 12.6. The maximum absolute atomic E-state index is 12.6. The highest BCUT2D eigenvalue weighted by molar-refractivity contribution is 5.87. The van der Waals surface area contributed by atoms with E-state index < -0.39 is 29.7 Å². The molecular formula is C20H33NO6. The average molecular weight is 383 g/mol. The summed E-state index contributed by atoms with van der Waals surface area (Å²) in [6.07, 6.45) is 6.73. The van der Waals surface area contributed by atoms with Crippen molar-refractivity contribution >= 4 is 17.9 Å². The number of rotatable bonds is 7. The molecule has 2 atom stereocenters. The summed E-state index contributed by atoms with van der Waals surface area (Å²) < 4.78 is 10.9. The first-order valence-electron chi connectivity index (χ1n) is 10.2. The first kappa shape index (κ1) is 21.7. The third kappa shape index (κ3) is 5.21. The van der Waals surface area contributed by atoms with Gasteiger partial charge in [-0.2, -0.15) is 0 Å². The Morgan fingerprint density at radius 3 is 2.04 bits per heavy atom. The third-order valence-corrected chi connectivity index (χ3v) is 5.97. The van der Waals surface area contributed by atoms with Crippen LogP contribution in [-0.4, -0.2) is 35.3 Å². The number of ether oxygens (including phenoxy) is 2. The molecule has 7 nitrogen and oxygen atoms in total. The molecule has 0 aromatic heterocycles. The fourth-order valence-corrected chi connectivity index (χ4v) is 4.10. The van der Waals surface area contributed by atoms with Crippen LogP contribution in [0.3, 0.4) is 0 Å². The Kier molecular flexibility index (Phi) is 7.65. The summed E-state index contributed by atoms with van der Waals surface area (Å²) in [7, 11) is 0. The molecule has 2 unspecified atom stereocenters. The summed E-state index contributed by atoms with van der Waals surface area (Å²) in [6.45, 7) is 3.57. The van der Waals surface area contributed by atoms with Gasteiger partial charge in [0.15, 0.2) is 0 Å². The number of esters is 2. The van der Waals surface area contributed by atoms with Crippen molar-refractivity contribution in [3.63, 3.8) is 0 Å². The molecule has 0 aromatic rings. The van der Waals surface area contributed by atoms with Gasteiger partial charge in [-0.3, -0.25) is 14.4 Å². The first-order chi connectivity index (χ1) is 12.8. The number of hydrogen-bond donors (Lipinski definition) is 2. The van der Waals surface area contributed by atoms with E-state index in [1.165, 1.54) is 0 Å². The minimum absolute atomic E-state index is 0.156. The van der Waals surface area contributed by atoms with Crippen LogP contribution in [0.5, 0.6) is 0 Å². The lowest BCUT2D eigenvalue weighted by atomic mass is 9.69. The van der Waals surface area contributed by atoms with Crippen LogP contribution in [0.15, 0.2) is 0 Å². The molecule has 7 heteroatoms. The van der Waals surface area contributed by atoms with Gasteiger partial charge >= 0.3 is 17.9 Å². The van der Waals surface area contributed by atoms with E-state index in [0.29, 0.717) is 12.8 Å².